The number of hydrogen-bond acceptors (Lipinski definition) is 5. The van der Waals surface area contributed by atoms with Crippen molar-refractivity contribution in [3.8, 4) is 6.19 Å². The molecule has 0 bridgehead atoms. The summed E-state index contributed by atoms with van der Waals surface area (Å²) in [6, 6.07) is 0. The lowest BCUT2D eigenvalue weighted by Crippen LogP contribution is -2.61. The quantitative estimate of drug-likeness (QED) is 0.455. The van der Waals surface area contributed by atoms with Crippen molar-refractivity contribution in [1.29, 1.82) is 5.26 Å². The Morgan fingerprint density at radius 2 is 2.00 bits per heavy atom. The number of hydrogen-bond donors (Lipinski definition) is 1. The molecule has 1 atom stereocenters. The molecule has 1 N–H and O–H groups in total. The van der Waals surface area contributed by atoms with Gasteiger partial charge in [0.2, 0.25) is 6.41 Å². The smallest absolute Gasteiger partial charge is 0.209 e. The Bertz CT molecular complexity index is 281. The van der Waals surface area contributed by atoms with Crippen LogP contribution in [0.15, 0.2) is 0 Å². The number of carbonyl (C=O) groups is 1. The summed E-state index contributed by atoms with van der Waals surface area (Å²) < 4.78 is 0. The van der Waals surface area contributed by atoms with Gasteiger partial charge in [0.1, 0.15) is 0 Å². The van der Waals surface area contributed by atoms with E-state index < -0.39 is 0 Å². The third kappa shape index (κ3) is 2.43. The van der Waals surface area contributed by atoms with Crippen LogP contribution in [0.1, 0.15) is 0 Å². The normalized spacial score (nSPS) is 27.6. The average molecular weight is 223 g/mol. The summed E-state index contributed by atoms with van der Waals surface area (Å²) in [4.78, 5) is 16.6. The van der Waals surface area contributed by atoms with Gasteiger partial charge in [-0.15, -0.1) is 0 Å². The van der Waals surface area contributed by atoms with E-state index in [2.05, 4.69) is 16.4 Å². The molecule has 0 aromatic rings. The molecule has 1 amide bonds. The van der Waals surface area contributed by atoms with Gasteiger partial charge in [-0.3, -0.25) is 15.0 Å². The molecule has 0 saturated carbocycles. The molecule has 2 heterocycles. The molecule has 0 aromatic carbocycles. The number of nitrogens with one attached hydrogen (secondary N) is 1. The second-order valence-electron chi connectivity index (χ2n) is 4.19. The van der Waals surface area contributed by atoms with Crippen molar-refractivity contribution in [1.82, 2.24) is 20.0 Å². The zero-order valence-corrected chi connectivity index (χ0v) is 9.30. The van der Waals surface area contributed by atoms with Gasteiger partial charge in [-0.05, 0) is 0 Å². The van der Waals surface area contributed by atoms with Crippen molar-refractivity contribution in [2.24, 2.45) is 0 Å². The van der Waals surface area contributed by atoms with Crippen molar-refractivity contribution in [3.05, 3.63) is 0 Å². The van der Waals surface area contributed by atoms with Gasteiger partial charge in [-0.2, -0.15) is 5.26 Å². The van der Waals surface area contributed by atoms with Gasteiger partial charge in [-0.25, -0.2) is 0 Å². The molecule has 0 radical (unpaired) electrons. The van der Waals surface area contributed by atoms with Crippen molar-refractivity contribution in [2.75, 3.05) is 45.8 Å². The van der Waals surface area contributed by atoms with Crippen LogP contribution < -0.4 is 5.32 Å². The number of carbonyl (C=O) groups excluding carboxylic acids is 1. The highest BCUT2D eigenvalue weighted by atomic mass is 16.1. The summed E-state index contributed by atoms with van der Waals surface area (Å²) in [6.07, 6.45) is 3.33. The first-order valence-corrected chi connectivity index (χ1v) is 5.65. The molecule has 0 spiro atoms. The SMILES string of the molecule is N#CN1CCN(C2CN(C=O)CCN2)CC1. The molecule has 6 nitrogen and oxygen atoms in total. The van der Waals surface area contributed by atoms with Crippen LogP contribution in [-0.4, -0.2) is 73.1 Å². The zero-order chi connectivity index (χ0) is 11.4. The first-order chi connectivity index (χ1) is 7.83. The number of rotatable bonds is 2. The summed E-state index contributed by atoms with van der Waals surface area (Å²) in [5, 5.41) is 12.2. The summed E-state index contributed by atoms with van der Waals surface area (Å²) in [5.41, 5.74) is 0. The van der Waals surface area contributed by atoms with Gasteiger partial charge in [0.15, 0.2) is 6.19 Å². The molecule has 0 aromatic heterocycles. The Labute approximate surface area is 95.4 Å². The fourth-order valence-corrected chi connectivity index (χ4v) is 2.23. The number of nitriles is 1. The Balaban J connectivity index is 1.84. The predicted molar refractivity (Wildman–Crippen MR) is 58.2 cm³/mol. The van der Waals surface area contributed by atoms with E-state index in [0.717, 1.165) is 52.2 Å². The average Bonchev–Trinajstić information content (AvgIpc) is 2.39. The molecule has 2 saturated heterocycles. The highest BCUT2D eigenvalue weighted by Gasteiger charge is 2.26. The third-order valence-electron chi connectivity index (χ3n) is 3.23. The molecule has 2 fully saturated rings. The highest BCUT2D eigenvalue weighted by Crippen LogP contribution is 2.07. The van der Waals surface area contributed by atoms with Crippen molar-refractivity contribution in [2.45, 2.75) is 6.17 Å². The molecule has 16 heavy (non-hydrogen) atoms. The van der Waals surface area contributed by atoms with Crippen LogP contribution in [0, 0.1) is 11.5 Å². The van der Waals surface area contributed by atoms with Gasteiger partial charge < -0.3 is 9.80 Å². The van der Waals surface area contributed by atoms with E-state index >= 15 is 0 Å². The fraction of sp³-hybridized carbons (Fsp3) is 0.800. The molecular weight excluding hydrogens is 206 g/mol. The first-order valence-electron chi connectivity index (χ1n) is 5.65. The second-order valence-corrected chi connectivity index (χ2v) is 4.19. The minimum absolute atomic E-state index is 0.250. The summed E-state index contributed by atoms with van der Waals surface area (Å²) in [7, 11) is 0. The molecule has 1 unspecified atom stereocenters. The number of nitrogens with zero attached hydrogens (tertiary/aromatic N) is 4. The van der Waals surface area contributed by atoms with E-state index in [4.69, 9.17) is 5.26 Å². The number of amides is 1. The molecule has 2 aliphatic rings. The minimum Gasteiger partial charge on any atom is -0.341 e. The number of piperazine rings is 2. The van der Waals surface area contributed by atoms with E-state index in [0.29, 0.717) is 0 Å². The topological polar surface area (TPSA) is 62.6 Å². The Hall–Kier alpha value is -1.32. The molecule has 2 rings (SSSR count). The Morgan fingerprint density at radius 1 is 1.25 bits per heavy atom. The largest absolute Gasteiger partial charge is 0.341 e. The van der Waals surface area contributed by atoms with Gasteiger partial charge in [0.25, 0.3) is 0 Å². The molecular formula is C10H17N5O. The summed E-state index contributed by atoms with van der Waals surface area (Å²) >= 11 is 0. The lowest BCUT2D eigenvalue weighted by atomic mass is 10.2. The Morgan fingerprint density at radius 3 is 2.62 bits per heavy atom. The van der Waals surface area contributed by atoms with Gasteiger partial charge in [-0.1, -0.05) is 0 Å². The Kier molecular flexibility index (Phi) is 3.59. The van der Waals surface area contributed by atoms with Crippen LogP contribution in [0.5, 0.6) is 0 Å². The van der Waals surface area contributed by atoms with E-state index in [-0.39, 0.29) is 6.17 Å². The first kappa shape index (κ1) is 11.2. The maximum atomic E-state index is 10.7. The van der Waals surface area contributed by atoms with Crippen molar-refractivity contribution >= 4 is 6.41 Å². The van der Waals surface area contributed by atoms with Gasteiger partial charge in [0.05, 0.1) is 6.17 Å². The summed E-state index contributed by atoms with van der Waals surface area (Å²) in [5.74, 6) is 0. The monoisotopic (exact) mass is 223 g/mol. The van der Waals surface area contributed by atoms with E-state index in [1.54, 1.807) is 9.80 Å². The maximum Gasteiger partial charge on any atom is 0.209 e. The maximum absolute atomic E-state index is 10.7. The van der Waals surface area contributed by atoms with Crippen LogP contribution >= 0.6 is 0 Å². The standard InChI is InChI=1S/C10H17N5O/c11-8-13-3-5-15(6-4-13)10-7-14(9-16)2-1-12-10/h9-10,12H,1-7H2. The van der Waals surface area contributed by atoms with Crippen LogP contribution in [-0.2, 0) is 4.79 Å². The van der Waals surface area contributed by atoms with Crippen LogP contribution in [0.25, 0.3) is 0 Å². The summed E-state index contributed by atoms with van der Waals surface area (Å²) in [6.45, 7) is 5.73. The molecule has 6 heteroatoms. The molecule has 2 aliphatic heterocycles. The van der Waals surface area contributed by atoms with E-state index in [9.17, 15) is 4.79 Å². The van der Waals surface area contributed by atoms with Crippen LogP contribution in [0.3, 0.4) is 0 Å². The minimum atomic E-state index is 0.250. The van der Waals surface area contributed by atoms with E-state index in [1.807, 2.05) is 0 Å². The van der Waals surface area contributed by atoms with Crippen LogP contribution in [0.2, 0.25) is 0 Å². The van der Waals surface area contributed by atoms with Crippen LogP contribution in [0.4, 0.5) is 0 Å². The lowest BCUT2D eigenvalue weighted by molar-refractivity contribution is -0.120. The third-order valence-corrected chi connectivity index (χ3v) is 3.23. The van der Waals surface area contributed by atoms with Gasteiger partial charge in [0, 0.05) is 45.8 Å². The van der Waals surface area contributed by atoms with Gasteiger partial charge >= 0.3 is 0 Å². The lowest BCUT2D eigenvalue weighted by Gasteiger charge is -2.41. The fourth-order valence-electron chi connectivity index (χ4n) is 2.23. The highest BCUT2D eigenvalue weighted by molar-refractivity contribution is 5.47. The zero-order valence-electron chi connectivity index (χ0n) is 9.30. The second kappa shape index (κ2) is 5.14. The van der Waals surface area contributed by atoms with Crippen molar-refractivity contribution < 1.29 is 4.79 Å². The molecule has 0 aliphatic carbocycles. The van der Waals surface area contributed by atoms with Crippen molar-refractivity contribution in [3.63, 3.8) is 0 Å². The predicted octanol–water partition coefficient (Wildman–Crippen LogP) is -1.53. The van der Waals surface area contributed by atoms with E-state index in [1.165, 1.54) is 0 Å². The molecule has 88 valence electrons.